The van der Waals surface area contributed by atoms with E-state index in [0.29, 0.717) is 12.1 Å². The van der Waals surface area contributed by atoms with Gasteiger partial charge < -0.3 is 9.67 Å². The van der Waals surface area contributed by atoms with Gasteiger partial charge in [-0.2, -0.15) is 0 Å². The Morgan fingerprint density at radius 2 is 2.33 bits per heavy atom. The van der Waals surface area contributed by atoms with Gasteiger partial charge in [-0.15, -0.1) is 0 Å². The Balaban J connectivity index is 2.18. The molecule has 18 heavy (non-hydrogen) atoms. The van der Waals surface area contributed by atoms with Crippen LogP contribution in [0.15, 0.2) is 36.7 Å². The van der Waals surface area contributed by atoms with E-state index < -0.39 is 11.0 Å². The standard InChI is InChI=1S/C12H13N3O3/c1-9-13-5-6-14(9)8-12(16)10-3-2-4-11(7-10)15(17)18/h2-7,12,16H,8H2,1H3/t12-/m0/s1. The van der Waals surface area contributed by atoms with E-state index in [0.717, 1.165) is 5.82 Å². The first kappa shape index (κ1) is 12.3. The molecule has 1 atom stereocenters. The first-order valence-electron chi connectivity index (χ1n) is 5.48. The zero-order valence-electron chi connectivity index (χ0n) is 9.85. The molecule has 2 aromatic rings. The number of aromatic nitrogens is 2. The van der Waals surface area contributed by atoms with E-state index in [4.69, 9.17) is 0 Å². The lowest BCUT2D eigenvalue weighted by molar-refractivity contribution is -0.385. The quantitative estimate of drug-likeness (QED) is 0.660. The Hall–Kier alpha value is -2.21. The highest BCUT2D eigenvalue weighted by Gasteiger charge is 2.13. The Morgan fingerprint density at radius 3 is 2.94 bits per heavy atom. The van der Waals surface area contributed by atoms with Gasteiger partial charge in [0.2, 0.25) is 0 Å². The van der Waals surface area contributed by atoms with Gasteiger partial charge in [0.05, 0.1) is 17.6 Å². The Morgan fingerprint density at radius 1 is 1.56 bits per heavy atom. The van der Waals surface area contributed by atoms with Crippen molar-refractivity contribution < 1.29 is 10.0 Å². The summed E-state index contributed by atoms with van der Waals surface area (Å²) in [5.41, 5.74) is 0.506. The minimum atomic E-state index is -0.794. The van der Waals surface area contributed by atoms with Gasteiger partial charge in [0.1, 0.15) is 5.82 Å². The summed E-state index contributed by atoms with van der Waals surface area (Å²) in [6, 6.07) is 6.02. The van der Waals surface area contributed by atoms with E-state index >= 15 is 0 Å². The van der Waals surface area contributed by atoms with Gasteiger partial charge in [0.25, 0.3) is 5.69 Å². The number of imidazole rings is 1. The molecule has 0 bridgehead atoms. The van der Waals surface area contributed by atoms with Crippen LogP contribution in [0.1, 0.15) is 17.5 Å². The summed E-state index contributed by atoms with van der Waals surface area (Å²) in [6.45, 7) is 2.16. The first-order valence-corrected chi connectivity index (χ1v) is 5.48. The van der Waals surface area contributed by atoms with Crippen molar-refractivity contribution in [3.63, 3.8) is 0 Å². The van der Waals surface area contributed by atoms with E-state index in [1.165, 1.54) is 12.1 Å². The van der Waals surface area contributed by atoms with Crippen LogP contribution in [0.25, 0.3) is 0 Å². The van der Waals surface area contributed by atoms with E-state index in [2.05, 4.69) is 4.98 Å². The number of hydrogen-bond donors (Lipinski definition) is 1. The van der Waals surface area contributed by atoms with Crippen molar-refractivity contribution >= 4 is 5.69 Å². The molecule has 1 aromatic carbocycles. The van der Waals surface area contributed by atoms with Gasteiger partial charge in [0.15, 0.2) is 0 Å². The lowest BCUT2D eigenvalue weighted by Crippen LogP contribution is -2.09. The van der Waals surface area contributed by atoms with Crippen molar-refractivity contribution in [2.75, 3.05) is 0 Å². The number of nitro groups is 1. The molecule has 0 fully saturated rings. The van der Waals surface area contributed by atoms with Crippen LogP contribution in [-0.2, 0) is 6.54 Å². The summed E-state index contributed by atoms with van der Waals surface area (Å²) in [5, 5.41) is 20.7. The van der Waals surface area contributed by atoms with Gasteiger partial charge in [-0.1, -0.05) is 12.1 Å². The lowest BCUT2D eigenvalue weighted by atomic mass is 10.1. The van der Waals surface area contributed by atoms with Crippen molar-refractivity contribution in [3.8, 4) is 0 Å². The molecule has 1 N–H and O–H groups in total. The second kappa shape index (κ2) is 4.97. The fourth-order valence-electron chi connectivity index (χ4n) is 1.73. The monoisotopic (exact) mass is 247 g/mol. The van der Waals surface area contributed by atoms with Crippen LogP contribution in [0, 0.1) is 17.0 Å². The number of nitrogens with zero attached hydrogens (tertiary/aromatic N) is 3. The predicted molar refractivity (Wildman–Crippen MR) is 65.0 cm³/mol. The minimum absolute atomic E-state index is 0.0195. The van der Waals surface area contributed by atoms with Crippen LogP contribution in [0.5, 0.6) is 0 Å². The number of non-ortho nitro benzene ring substituents is 1. The van der Waals surface area contributed by atoms with Gasteiger partial charge in [-0.3, -0.25) is 10.1 Å². The maximum Gasteiger partial charge on any atom is 0.269 e. The van der Waals surface area contributed by atoms with Crippen LogP contribution < -0.4 is 0 Å². The number of hydrogen-bond acceptors (Lipinski definition) is 4. The Kier molecular flexibility index (Phi) is 3.38. The number of aliphatic hydroxyl groups excluding tert-OH is 1. The highest BCUT2D eigenvalue weighted by molar-refractivity contribution is 5.35. The van der Waals surface area contributed by atoms with Crippen LogP contribution in [0.4, 0.5) is 5.69 Å². The number of aliphatic hydroxyl groups is 1. The second-order valence-corrected chi connectivity index (χ2v) is 3.99. The molecule has 6 nitrogen and oxygen atoms in total. The van der Waals surface area contributed by atoms with Crippen LogP contribution in [0.3, 0.4) is 0 Å². The average Bonchev–Trinajstić information content (AvgIpc) is 2.75. The van der Waals surface area contributed by atoms with Crippen molar-refractivity contribution in [1.82, 2.24) is 9.55 Å². The molecule has 0 spiro atoms. The maximum atomic E-state index is 10.7. The third-order valence-corrected chi connectivity index (χ3v) is 2.76. The smallest absolute Gasteiger partial charge is 0.269 e. The summed E-state index contributed by atoms with van der Waals surface area (Å²) in [4.78, 5) is 14.2. The number of rotatable bonds is 4. The zero-order chi connectivity index (χ0) is 13.1. The van der Waals surface area contributed by atoms with Crippen molar-refractivity contribution in [3.05, 3.63) is 58.2 Å². The third-order valence-electron chi connectivity index (χ3n) is 2.76. The minimum Gasteiger partial charge on any atom is -0.387 e. The maximum absolute atomic E-state index is 10.7. The van der Waals surface area contributed by atoms with Crippen molar-refractivity contribution in [1.29, 1.82) is 0 Å². The number of benzene rings is 1. The molecule has 0 unspecified atom stereocenters. The van der Waals surface area contributed by atoms with E-state index in [9.17, 15) is 15.2 Å². The average molecular weight is 247 g/mol. The highest BCUT2D eigenvalue weighted by Crippen LogP contribution is 2.20. The fourth-order valence-corrected chi connectivity index (χ4v) is 1.73. The van der Waals surface area contributed by atoms with E-state index in [-0.39, 0.29) is 5.69 Å². The largest absolute Gasteiger partial charge is 0.387 e. The molecular weight excluding hydrogens is 234 g/mol. The third kappa shape index (κ3) is 2.54. The summed E-state index contributed by atoms with van der Waals surface area (Å²) in [6.07, 6.45) is 2.61. The van der Waals surface area contributed by atoms with E-state index in [1.807, 2.05) is 6.92 Å². The molecule has 0 saturated carbocycles. The summed E-state index contributed by atoms with van der Waals surface area (Å²) in [5.74, 6) is 0.791. The highest BCUT2D eigenvalue weighted by atomic mass is 16.6. The van der Waals surface area contributed by atoms with Gasteiger partial charge in [-0.25, -0.2) is 4.98 Å². The zero-order valence-corrected chi connectivity index (χ0v) is 9.85. The molecule has 0 aliphatic heterocycles. The molecule has 0 aliphatic carbocycles. The normalized spacial score (nSPS) is 12.3. The molecule has 2 rings (SSSR count). The van der Waals surface area contributed by atoms with Crippen LogP contribution in [0.2, 0.25) is 0 Å². The van der Waals surface area contributed by atoms with Crippen molar-refractivity contribution in [2.45, 2.75) is 19.6 Å². The molecule has 1 aromatic heterocycles. The van der Waals surface area contributed by atoms with Gasteiger partial charge in [0, 0.05) is 24.5 Å². The second-order valence-electron chi connectivity index (χ2n) is 3.99. The fraction of sp³-hybridized carbons (Fsp3) is 0.250. The summed E-state index contributed by atoms with van der Waals surface area (Å²) >= 11 is 0. The molecule has 6 heteroatoms. The molecular formula is C12H13N3O3. The SMILES string of the molecule is Cc1nccn1C[C@H](O)c1cccc([N+](=O)[O-])c1. The Bertz CT molecular complexity index is 565. The first-order chi connectivity index (χ1) is 8.58. The summed E-state index contributed by atoms with van der Waals surface area (Å²) in [7, 11) is 0. The molecule has 94 valence electrons. The Labute approximate surface area is 104 Å². The van der Waals surface area contributed by atoms with Crippen molar-refractivity contribution in [2.24, 2.45) is 0 Å². The topological polar surface area (TPSA) is 81.2 Å². The van der Waals surface area contributed by atoms with E-state index in [1.54, 1.807) is 29.1 Å². The molecule has 1 heterocycles. The lowest BCUT2D eigenvalue weighted by Gasteiger charge is -2.12. The van der Waals surface area contributed by atoms with Gasteiger partial charge >= 0.3 is 0 Å². The molecule has 0 saturated heterocycles. The van der Waals surface area contributed by atoms with Crippen LogP contribution in [-0.4, -0.2) is 19.6 Å². The van der Waals surface area contributed by atoms with Gasteiger partial charge in [-0.05, 0) is 12.5 Å². The summed E-state index contributed by atoms with van der Waals surface area (Å²) < 4.78 is 1.80. The molecule has 0 radical (unpaired) electrons. The molecule has 0 aliphatic rings. The predicted octanol–water partition coefficient (Wildman–Crippen LogP) is 1.83. The van der Waals surface area contributed by atoms with Crippen LogP contribution >= 0.6 is 0 Å². The molecule has 0 amide bonds. The number of aryl methyl sites for hydroxylation is 1. The number of nitro benzene ring substituents is 1.